The summed E-state index contributed by atoms with van der Waals surface area (Å²) in [6.07, 6.45) is 0.697. The molecular formula is C23H25NO4. The highest BCUT2D eigenvalue weighted by Crippen LogP contribution is 2.42. The third-order valence-corrected chi connectivity index (χ3v) is 5.09. The maximum atomic E-state index is 12.9. The zero-order valence-corrected chi connectivity index (χ0v) is 16.7. The summed E-state index contributed by atoms with van der Waals surface area (Å²) in [6.45, 7) is 6.15. The van der Waals surface area contributed by atoms with Gasteiger partial charge >= 0.3 is 0 Å². The lowest BCUT2D eigenvalue weighted by Gasteiger charge is -2.26. The van der Waals surface area contributed by atoms with Gasteiger partial charge in [0.15, 0.2) is 0 Å². The fraction of sp³-hybridized carbons (Fsp3) is 0.304. The lowest BCUT2D eigenvalue weighted by atomic mass is 9.93. The highest BCUT2D eigenvalue weighted by Gasteiger charge is 2.46. The summed E-state index contributed by atoms with van der Waals surface area (Å²) in [6, 6.07) is 12.3. The number of ketones is 1. The van der Waals surface area contributed by atoms with E-state index in [1.165, 1.54) is 4.90 Å². The van der Waals surface area contributed by atoms with E-state index in [-0.39, 0.29) is 11.3 Å². The molecule has 146 valence electrons. The van der Waals surface area contributed by atoms with Crippen molar-refractivity contribution in [2.24, 2.45) is 0 Å². The van der Waals surface area contributed by atoms with Crippen LogP contribution >= 0.6 is 0 Å². The van der Waals surface area contributed by atoms with Gasteiger partial charge in [0.05, 0.1) is 18.7 Å². The van der Waals surface area contributed by atoms with Gasteiger partial charge in [0.25, 0.3) is 11.7 Å². The number of aliphatic hydroxyl groups excluding tert-OH is 1. The molecule has 0 aromatic heterocycles. The third-order valence-electron chi connectivity index (χ3n) is 5.09. The van der Waals surface area contributed by atoms with Gasteiger partial charge in [-0.3, -0.25) is 9.59 Å². The van der Waals surface area contributed by atoms with E-state index in [2.05, 4.69) is 0 Å². The monoisotopic (exact) mass is 379 g/mol. The predicted octanol–water partition coefficient (Wildman–Crippen LogP) is 4.14. The molecule has 3 rings (SSSR count). The second kappa shape index (κ2) is 7.89. The summed E-state index contributed by atoms with van der Waals surface area (Å²) in [5, 5.41) is 11.1. The minimum Gasteiger partial charge on any atom is -0.507 e. The molecule has 1 amide bonds. The standard InChI is InChI=1S/C23H25NO4/c1-5-12-24-20(16-8-6-7-9-18(16)28-4)19(22(26)23(24)27)21(25)17-13-14(2)10-11-15(17)3/h6-11,13,20,25H,5,12H2,1-4H3/b21-19+. The first-order valence-corrected chi connectivity index (χ1v) is 9.39. The summed E-state index contributed by atoms with van der Waals surface area (Å²) < 4.78 is 5.48. The molecule has 2 aromatic rings. The zero-order valence-electron chi connectivity index (χ0n) is 16.7. The number of aliphatic hydroxyl groups is 1. The van der Waals surface area contributed by atoms with Crippen molar-refractivity contribution in [2.75, 3.05) is 13.7 Å². The first-order chi connectivity index (χ1) is 13.4. The topological polar surface area (TPSA) is 66.8 Å². The second-order valence-corrected chi connectivity index (χ2v) is 7.05. The van der Waals surface area contributed by atoms with Crippen LogP contribution in [0.25, 0.3) is 5.76 Å². The van der Waals surface area contributed by atoms with E-state index < -0.39 is 17.7 Å². The Kier molecular flexibility index (Phi) is 5.54. The van der Waals surface area contributed by atoms with E-state index >= 15 is 0 Å². The van der Waals surface area contributed by atoms with E-state index in [1.54, 1.807) is 13.2 Å². The first-order valence-electron chi connectivity index (χ1n) is 9.39. The molecule has 5 nitrogen and oxygen atoms in total. The lowest BCUT2D eigenvalue weighted by molar-refractivity contribution is -0.139. The van der Waals surface area contributed by atoms with E-state index in [4.69, 9.17) is 4.74 Å². The smallest absolute Gasteiger partial charge is 0.295 e. The number of nitrogens with zero attached hydrogens (tertiary/aromatic N) is 1. The Morgan fingerprint density at radius 1 is 1.14 bits per heavy atom. The van der Waals surface area contributed by atoms with Crippen LogP contribution in [-0.4, -0.2) is 35.4 Å². The molecule has 1 aliphatic rings. The average Bonchev–Trinajstić information content (AvgIpc) is 2.94. The predicted molar refractivity (Wildman–Crippen MR) is 108 cm³/mol. The number of hydrogen-bond donors (Lipinski definition) is 1. The van der Waals surface area contributed by atoms with E-state index in [9.17, 15) is 14.7 Å². The Balaban J connectivity index is 2.28. The molecule has 28 heavy (non-hydrogen) atoms. The SMILES string of the molecule is CCCN1C(=O)C(=O)/C(=C(/O)c2cc(C)ccc2C)C1c1ccccc1OC. The van der Waals surface area contributed by atoms with Crippen molar-refractivity contribution in [3.63, 3.8) is 0 Å². The fourth-order valence-corrected chi connectivity index (χ4v) is 3.70. The minimum absolute atomic E-state index is 0.108. The van der Waals surface area contributed by atoms with Crippen LogP contribution in [0.1, 0.15) is 41.6 Å². The van der Waals surface area contributed by atoms with Crippen molar-refractivity contribution >= 4 is 17.4 Å². The Morgan fingerprint density at radius 2 is 1.86 bits per heavy atom. The van der Waals surface area contributed by atoms with Crippen LogP contribution in [0.4, 0.5) is 0 Å². The zero-order chi connectivity index (χ0) is 20.4. The van der Waals surface area contributed by atoms with Crippen LogP contribution in [0, 0.1) is 13.8 Å². The summed E-state index contributed by atoms with van der Waals surface area (Å²) >= 11 is 0. The number of aryl methyl sites for hydroxylation is 2. The molecule has 1 N–H and O–H groups in total. The summed E-state index contributed by atoms with van der Waals surface area (Å²) in [5.74, 6) is -0.830. The molecule has 1 heterocycles. The molecule has 5 heteroatoms. The second-order valence-electron chi connectivity index (χ2n) is 7.05. The highest BCUT2D eigenvalue weighted by molar-refractivity contribution is 6.46. The van der Waals surface area contributed by atoms with Crippen LogP contribution in [0.3, 0.4) is 0 Å². The first kappa shape index (κ1) is 19.7. The molecule has 0 saturated carbocycles. The maximum absolute atomic E-state index is 12.9. The van der Waals surface area contributed by atoms with Gasteiger partial charge in [0, 0.05) is 17.7 Å². The molecular weight excluding hydrogens is 354 g/mol. The Hall–Kier alpha value is -3.08. The number of Topliss-reactive ketones (excluding diaryl/α,β-unsaturated/α-hetero) is 1. The Bertz CT molecular complexity index is 961. The van der Waals surface area contributed by atoms with Crippen LogP contribution < -0.4 is 4.74 Å². The molecule has 1 fully saturated rings. The fourth-order valence-electron chi connectivity index (χ4n) is 3.70. The molecule has 2 aromatic carbocycles. The Morgan fingerprint density at radius 3 is 2.54 bits per heavy atom. The van der Waals surface area contributed by atoms with Gasteiger partial charge in [0.1, 0.15) is 11.5 Å². The van der Waals surface area contributed by atoms with Gasteiger partial charge in [-0.05, 0) is 38.0 Å². The van der Waals surface area contributed by atoms with E-state index in [0.29, 0.717) is 29.8 Å². The quantitative estimate of drug-likeness (QED) is 0.482. The van der Waals surface area contributed by atoms with Crippen LogP contribution in [-0.2, 0) is 9.59 Å². The third kappa shape index (κ3) is 3.28. The number of methoxy groups -OCH3 is 1. The van der Waals surface area contributed by atoms with Gasteiger partial charge in [-0.2, -0.15) is 0 Å². The van der Waals surface area contributed by atoms with Gasteiger partial charge in [-0.25, -0.2) is 0 Å². The lowest BCUT2D eigenvalue weighted by Crippen LogP contribution is -2.30. The van der Waals surface area contributed by atoms with Crippen molar-refractivity contribution in [3.8, 4) is 5.75 Å². The molecule has 0 radical (unpaired) electrons. The van der Waals surface area contributed by atoms with Crippen molar-refractivity contribution in [1.82, 2.24) is 4.90 Å². The summed E-state index contributed by atoms with van der Waals surface area (Å²) in [4.78, 5) is 27.2. The van der Waals surface area contributed by atoms with Crippen molar-refractivity contribution < 1.29 is 19.4 Å². The number of carbonyl (C=O) groups excluding carboxylic acids is 2. The number of para-hydroxylation sites is 1. The number of hydrogen-bond acceptors (Lipinski definition) is 4. The number of amides is 1. The summed E-state index contributed by atoms with van der Waals surface area (Å²) in [7, 11) is 1.55. The van der Waals surface area contributed by atoms with Gasteiger partial charge in [0.2, 0.25) is 0 Å². The molecule has 1 aliphatic heterocycles. The molecule has 0 bridgehead atoms. The van der Waals surface area contributed by atoms with E-state index in [0.717, 1.165) is 11.1 Å². The van der Waals surface area contributed by atoms with Crippen LogP contribution in [0.2, 0.25) is 0 Å². The average molecular weight is 379 g/mol. The van der Waals surface area contributed by atoms with E-state index in [1.807, 2.05) is 57.2 Å². The van der Waals surface area contributed by atoms with Gasteiger partial charge in [-0.1, -0.05) is 42.8 Å². The number of likely N-dealkylation sites (tertiary alicyclic amines) is 1. The molecule has 1 atom stereocenters. The van der Waals surface area contributed by atoms with Gasteiger partial charge < -0.3 is 14.7 Å². The van der Waals surface area contributed by atoms with Crippen molar-refractivity contribution in [1.29, 1.82) is 0 Å². The number of rotatable bonds is 5. The molecule has 1 saturated heterocycles. The van der Waals surface area contributed by atoms with Crippen LogP contribution in [0.15, 0.2) is 48.0 Å². The highest BCUT2D eigenvalue weighted by atomic mass is 16.5. The van der Waals surface area contributed by atoms with Crippen molar-refractivity contribution in [2.45, 2.75) is 33.2 Å². The normalized spacial score (nSPS) is 18.6. The van der Waals surface area contributed by atoms with Gasteiger partial charge in [-0.15, -0.1) is 0 Å². The molecule has 1 unspecified atom stereocenters. The maximum Gasteiger partial charge on any atom is 0.295 e. The minimum atomic E-state index is -0.684. The molecule has 0 aliphatic carbocycles. The van der Waals surface area contributed by atoms with Crippen molar-refractivity contribution in [3.05, 3.63) is 70.3 Å². The molecule has 0 spiro atoms. The summed E-state index contributed by atoms with van der Waals surface area (Å²) in [5.41, 5.74) is 3.16. The van der Waals surface area contributed by atoms with Crippen LogP contribution in [0.5, 0.6) is 5.75 Å². The number of benzene rings is 2. The number of ether oxygens (including phenoxy) is 1. The Labute approximate surface area is 165 Å². The number of carbonyl (C=O) groups is 2. The largest absolute Gasteiger partial charge is 0.507 e.